The van der Waals surface area contributed by atoms with Gasteiger partial charge in [-0.05, 0) is 122 Å². The van der Waals surface area contributed by atoms with Crippen LogP contribution in [0.2, 0.25) is 0 Å². The summed E-state index contributed by atoms with van der Waals surface area (Å²) in [6.45, 7) is 2.01. The summed E-state index contributed by atoms with van der Waals surface area (Å²) in [6.07, 6.45) is 0.851. The molecular formula is C62H100N22O15. The molecule has 548 valence electrons. The zero-order valence-corrected chi connectivity index (χ0v) is 56.1. The average molecular weight is 1390 g/mol. The van der Waals surface area contributed by atoms with Gasteiger partial charge in [-0.15, -0.1) is 0 Å². The number of benzene rings is 2. The second-order valence-electron chi connectivity index (χ2n) is 23.5. The Labute approximate surface area is 573 Å². The number of carbonyl (C=O) groups excluding carboxylic acids is 13. The van der Waals surface area contributed by atoms with E-state index in [2.05, 4.69) is 73.8 Å². The zero-order valence-electron chi connectivity index (χ0n) is 56.1. The predicted molar refractivity (Wildman–Crippen MR) is 364 cm³/mol. The lowest BCUT2D eigenvalue weighted by Crippen LogP contribution is -2.60. The summed E-state index contributed by atoms with van der Waals surface area (Å²) < 4.78 is 0. The van der Waals surface area contributed by atoms with Gasteiger partial charge in [-0.25, -0.2) is 0 Å². The highest BCUT2D eigenvalue weighted by molar-refractivity contribution is 5.99. The number of anilines is 1. The Balaban J connectivity index is 1.66. The third-order valence-corrected chi connectivity index (χ3v) is 15.3. The van der Waals surface area contributed by atoms with E-state index in [9.17, 15) is 72.5 Å². The predicted octanol–water partition coefficient (Wildman–Crippen LogP) is -8.73. The first-order chi connectivity index (χ1) is 47.1. The van der Waals surface area contributed by atoms with Gasteiger partial charge in [0.15, 0.2) is 11.9 Å². The number of hydrogen-bond acceptors (Lipinski definition) is 20. The van der Waals surface area contributed by atoms with Gasteiger partial charge in [0, 0.05) is 31.7 Å². The molecule has 0 bridgehead atoms. The van der Waals surface area contributed by atoms with Crippen molar-refractivity contribution in [2.75, 3.05) is 70.4 Å². The first-order valence-electron chi connectivity index (χ1n) is 32.6. The van der Waals surface area contributed by atoms with Crippen molar-refractivity contribution in [3.63, 3.8) is 0 Å². The van der Waals surface area contributed by atoms with Crippen LogP contribution in [0.25, 0.3) is 0 Å². The number of rotatable bonds is 46. The van der Waals surface area contributed by atoms with Gasteiger partial charge in [-0.2, -0.15) is 0 Å². The first-order valence-corrected chi connectivity index (χ1v) is 32.6. The van der Waals surface area contributed by atoms with Gasteiger partial charge in [-0.3, -0.25) is 72.3 Å². The van der Waals surface area contributed by atoms with Crippen molar-refractivity contribution in [2.24, 2.45) is 50.1 Å². The summed E-state index contributed by atoms with van der Waals surface area (Å²) >= 11 is 0. The molecule has 0 aromatic heterocycles. The Hall–Kier alpha value is -10.3. The van der Waals surface area contributed by atoms with Crippen molar-refractivity contribution in [3.05, 3.63) is 65.7 Å². The van der Waals surface area contributed by atoms with Crippen LogP contribution >= 0.6 is 0 Å². The second-order valence-corrected chi connectivity index (χ2v) is 23.5. The first kappa shape index (κ1) is 83.0. The summed E-state index contributed by atoms with van der Waals surface area (Å²) in [7, 11) is 0. The molecule has 1 heterocycles. The van der Waals surface area contributed by atoms with E-state index in [1.54, 1.807) is 30.3 Å². The van der Waals surface area contributed by atoms with E-state index in [0.717, 1.165) is 17.7 Å². The Morgan fingerprint density at radius 1 is 0.465 bits per heavy atom. The zero-order chi connectivity index (χ0) is 73.6. The number of fused-ring (bicyclic) bond motifs is 1. The summed E-state index contributed by atoms with van der Waals surface area (Å²) in [5, 5.41) is 50.4. The molecule has 0 fully saturated rings. The molecule has 2 aromatic rings. The monoisotopic (exact) mass is 1390 g/mol. The van der Waals surface area contributed by atoms with Crippen molar-refractivity contribution in [2.45, 2.75) is 158 Å². The molecule has 37 heteroatoms. The topological polar surface area (TPSA) is 617 Å². The molecule has 99 heavy (non-hydrogen) atoms. The van der Waals surface area contributed by atoms with Gasteiger partial charge in [0.25, 0.3) is 0 Å². The lowest BCUT2D eigenvalue weighted by atomic mass is 10.0. The fraction of sp³-hybridized carbons (Fsp3) is 0.565. The molecule has 0 spiro atoms. The van der Waals surface area contributed by atoms with Crippen LogP contribution < -0.4 is 109 Å². The number of unbranched alkanes of at least 4 members (excludes halogenated alkanes) is 2. The number of hydrogen-bond donors (Lipinski definition) is 21. The Morgan fingerprint density at radius 2 is 0.909 bits per heavy atom. The molecule has 2 aromatic carbocycles. The molecule has 0 radical (unpaired) electrons. The van der Waals surface area contributed by atoms with E-state index in [1.807, 2.05) is 29.2 Å². The molecule has 0 saturated heterocycles. The number of aliphatic imine (C=N–C) groups is 2. The number of carbonyl (C=O) groups is 13. The van der Waals surface area contributed by atoms with Crippen molar-refractivity contribution in [3.8, 4) is 0 Å². The number of nitrogens with two attached hydrogens (primary N) is 7. The minimum atomic E-state index is -1.73. The molecule has 1 aliphatic rings. The SMILES string of the molecule is C[C@H](NC(=O)CNC(=O)[C@H](NC(=O)[C@H](Cc1ccccc1)NC(=O)CNC(=O)CNC(=O)CN1CCc2ccccc21)[C@@H](C)O)C(=O)N[C@@H](CCCN=C(N)N)C(=O)N[C@@H](CCCCN)C(=O)N[C@@H](CO)C(=O)N[C@@H](C)C(=O)N[C@@H](CCCN=C(N)N)C(=O)N[C@@H](CCCCN)C(N)=O. The summed E-state index contributed by atoms with van der Waals surface area (Å²) in [5.74, 6) is -11.8. The molecule has 0 unspecified atom stereocenters. The fourth-order valence-electron chi connectivity index (χ4n) is 9.89. The molecule has 0 saturated carbocycles. The largest absolute Gasteiger partial charge is 0.394 e. The number of aliphatic hydroxyl groups is 2. The minimum absolute atomic E-state index is 0.0146. The van der Waals surface area contributed by atoms with Gasteiger partial charge in [0.2, 0.25) is 76.8 Å². The number of primary amides is 1. The molecule has 0 aliphatic carbocycles. The van der Waals surface area contributed by atoms with Crippen molar-refractivity contribution < 1.29 is 72.5 Å². The van der Waals surface area contributed by atoms with Gasteiger partial charge in [-0.1, -0.05) is 48.5 Å². The Kier molecular flexibility index (Phi) is 37.3. The minimum Gasteiger partial charge on any atom is -0.394 e. The van der Waals surface area contributed by atoms with Gasteiger partial charge in [0.05, 0.1) is 38.9 Å². The van der Waals surface area contributed by atoms with E-state index in [1.165, 1.54) is 20.8 Å². The summed E-state index contributed by atoms with van der Waals surface area (Å²) in [6, 6.07) is 3.18. The smallest absolute Gasteiger partial charge is 0.245 e. The molecule has 1 aliphatic heterocycles. The summed E-state index contributed by atoms with van der Waals surface area (Å²) in [5.41, 5.74) is 41.3. The lowest BCUT2D eigenvalue weighted by molar-refractivity contribution is -0.136. The molecule has 13 amide bonds. The highest BCUT2D eigenvalue weighted by Crippen LogP contribution is 2.27. The third-order valence-electron chi connectivity index (χ3n) is 15.3. The van der Waals surface area contributed by atoms with E-state index in [4.69, 9.17) is 40.1 Å². The molecule has 3 rings (SSSR count). The van der Waals surface area contributed by atoms with E-state index in [-0.39, 0.29) is 89.5 Å². The van der Waals surface area contributed by atoms with Crippen LogP contribution in [-0.4, -0.2) is 225 Å². The maximum Gasteiger partial charge on any atom is 0.245 e. The number of aliphatic hydroxyl groups excluding tert-OH is 2. The lowest BCUT2D eigenvalue weighted by Gasteiger charge is -2.26. The molecular weight excluding hydrogens is 1290 g/mol. The molecule has 37 nitrogen and oxygen atoms in total. The maximum absolute atomic E-state index is 14.1. The van der Waals surface area contributed by atoms with Crippen molar-refractivity contribution in [1.29, 1.82) is 0 Å². The van der Waals surface area contributed by atoms with Crippen LogP contribution in [-0.2, 0) is 75.2 Å². The van der Waals surface area contributed by atoms with Gasteiger partial charge in [0.1, 0.15) is 54.4 Å². The van der Waals surface area contributed by atoms with Crippen LogP contribution in [0.5, 0.6) is 0 Å². The van der Waals surface area contributed by atoms with Crippen molar-refractivity contribution >= 4 is 94.4 Å². The average Bonchev–Trinajstić information content (AvgIpc) is 1.71. The van der Waals surface area contributed by atoms with Gasteiger partial charge < -0.3 is 119 Å². The van der Waals surface area contributed by atoms with Crippen LogP contribution in [0.15, 0.2) is 64.6 Å². The molecule has 28 N–H and O–H groups in total. The molecule has 10 atom stereocenters. The van der Waals surface area contributed by atoms with E-state index in [0.29, 0.717) is 37.9 Å². The van der Waals surface area contributed by atoms with Crippen LogP contribution in [0, 0.1) is 0 Å². The Morgan fingerprint density at radius 3 is 1.44 bits per heavy atom. The highest BCUT2D eigenvalue weighted by Gasteiger charge is 2.35. The fourth-order valence-corrected chi connectivity index (χ4v) is 9.89. The number of nitrogens with zero attached hydrogens (tertiary/aromatic N) is 3. The normalized spacial score (nSPS) is 14.4. The number of amides is 13. The van der Waals surface area contributed by atoms with Gasteiger partial charge >= 0.3 is 0 Å². The Bertz CT molecular complexity index is 3100. The quantitative estimate of drug-likeness (QED) is 0.0166. The van der Waals surface area contributed by atoms with Crippen molar-refractivity contribution in [1.82, 2.24) is 63.8 Å². The second kappa shape index (κ2) is 44.5. The highest BCUT2D eigenvalue weighted by atomic mass is 16.3. The standard InChI is InChI=1S/C62H100N22O15/c1-35(75-48(88)32-74-60(99)51(37(3)86)83-58(97)44(29-38-15-5-4-6-16-38)77-49(89)31-72-47(87)30-73-50(90)33-84-28-23-39-17-7-8-22-46(39)84)53(92)79-43(21-14-27-71-62(68)69)56(95)81-41(19-10-12-25-64)57(96)82-45(34-85)59(98)76-36(2)54(93)80-42(20-13-26-70-61(66)67)55(94)78-40(52(65)91)18-9-11-24-63/h4-8,15-17,22,35-37,40-45,51,85-86H,9-14,18-21,23-34,63-64H2,1-3H3,(H2,65,91)(H,72,87)(H,73,90)(H,74,99)(H,75,88)(H,76,98)(H,77,89)(H,78,94)(H,79,92)(H,80,93)(H,81,95)(H,82,96)(H,83,97)(H4,66,67,70)(H4,68,69,71)/t35-,36-,37+,40-,41-,42-,43-,44-,45-,51+/m0/s1. The van der Waals surface area contributed by atoms with Crippen LogP contribution in [0.1, 0.15) is 96.1 Å². The number of guanidine groups is 2. The maximum atomic E-state index is 14.1. The van der Waals surface area contributed by atoms with Crippen LogP contribution in [0.4, 0.5) is 5.69 Å². The summed E-state index contributed by atoms with van der Waals surface area (Å²) in [4.78, 5) is 183. The number of nitrogens with one attached hydrogen (secondary N) is 12. The number of para-hydroxylation sites is 1. The third kappa shape index (κ3) is 31.7. The van der Waals surface area contributed by atoms with E-state index < -0.39 is 164 Å². The van der Waals surface area contributed by atoms with E-state index >= 15 is 0 Å². The van der Waals surface area contributed by atoms with Crippen LogP contribution in [0.3, 0.4) is 0 Å².